The molecule has 8 heteroatoms. The fourth-order valence-electron chi connectivity index (χ4n) is 4.89. The van der Waals surface area contributed by atoms with Gasteiger partial charge >= 0.3 is 0 Å². The lowest BCUT2D eigenvalue weighted by atomic mass is 9.62. The predicted octanol–water partition coefficient (Wildman–Crippen LogP) is 3.59. The standard InChI is InChI=1S/C25H31N3O4S/c1-17(2)18-9-11-20(12-10-18)25(29,24(3)15-28(4)16-24)21-8-6-7-19(13-21)23-26-22(32-27-23)14-33(5,30)31/h6-13,17,29H,14-16H2,1-5H3/t25-/m0/s1. The molecular weight excluding hydrogens is 438 g/mol. The number of likely N-dealkylation sites (tertiary alicyclic amines) is 1. The summed E-state index contributed by atoms with van der Waals surface area (Å²) in [4.78, 5) is 6.44. The van der Waals surface area contributed by atoms with Crippen LogP contribution in [0.4, 0.5) is 0 Å². The molecule has 0 aliphatic carbocycles. The molecule has 3 aromatic rings. The van der Waals surface area contributed by atoms with Crippen molar-refractivity contribution >= 4 is 9.84 Å². The molecule has 2 aromatic carbocycles. The first-order valence-electron chi connectivity index (χ1n) is 11.0. The zero-order chi connectivity index (χ0) is 24.0. The van der Waals surface area contributed by atoms with Crippen LogP contribution in [0.25, 0.3) is 11.4 Å². The maximum Gasteiger partial charge on any atom is 0.242 e. The van der Waals surface area contributed by atoms with Gasteiger partial charge in [-0.2, -0.15) is 4.98 Å². The third-order valence-electron chi connectivity index (χ3n) is 6.50. The lowest BCUT2D eigenvalue weighted by Crippen LogP contribution is -2.63. The number of benzene rings is 2. The number of rotatable bonds is 7. The largest absolute Gasteiger partial charge is 0.380 e. The van der Waals surface area contributed by atoms with Gasteiger partial charge in [0.1, 0.15) is 11.4 Å². The van der Waals surface area contributed by atoms with Crippen LogP contribution in [0.1, 0.15) is 49.3 Å². The second-order valence-electron chi connectivity index (χ2n) is 9.88. The second kappa shape index (κ2) is 8.34. The van der Waals surface area contributed by atoms with E-state index >= 15 is 0 Å². The van der Waals surface area contributed by atoms with Crippen molar-refractivity contribution in [2.75, 3.05) is 26.4 Å². The Kier molecular flexibility index (Phi) is 5.97. The zero-order valence-electron chi connectivity index (χ0n) is 19.7. The molecule has 4 rings (SSSR count). The maximum absolute atomic E-state index is 12.3. The number of hydrogen-bond donors (Lipinski definition) is 1. The van der Waals surface area contributed by atoms with Crippen LogP contribution in [0.5, 0.6) is 0 Å². The molecule has 0 spiro atoms. The predicted molar refractivity (Wildman–Crippen MR) is 127 cm³/mol. The first-order chi connectivity index (χ1) is 15.4. The van der Waals surface area contributed by atoms with Gasteiger partial charge in [-0.05, 0) is 35.7 Å². The quantitative estimate of drug-likeness (QED) is 0.565. The van der Waals surface area contributed by atoms with Gasteiger partial charge in [-0.25, -0.2) is 8.42 Å². The molecule has 1 saturated heterocycles. The molecule has 7 nitrogen and oxygen atoms in total. The Balaban J connectivity index is 1.77. The number of sulfone groups is 1. The van der Waals surface area contributed by atoms with Crippen LogP contribution in [-0.4, -0.2) is 55.0 Å². The Labute approximate surface area is 195 Å². The molecule has 1 aliphatic rings. The van der Waals surface area contributed by atoms with Crippen LogP contribution in [0.15, 0.2) is 53.1 Å². The van der Waals surface area contributed by atoms with E-state index in [1.807, 2.05) is 43.4 Å². The summed E-state index contributed by atoms with van der Waals surface area (Å²) in [6.45, 7) is 7.90. The molecule has 1 atom stereocenters. The summed E-state index contributed by atoms with van der Waals surface area (Å²) in [6.07, 6.45) is 1.12. The van der Waals surface area contributed by atoms with Crippen molar-refractivity contribution < 1.29 is 18.0 Å². The molecule has 33 heavy (non-hydrogen) atoms. The summed E-state index contributed by atoms with van der Waals surface area (Å²) in [5, 5.41) is 16.3. The highest BCUT2D eigenvalue weighted by Crippen LogP contribution is 2.50. The van der Waals surface area contributed by atoms with Crippen molar-refractivity contribution in [3.8, 4) is 11.4 Å². The summed E-state index contributed by atoms with van der Waals surface area (Å²) >= 11 is 0. The minimum absolute atomic E-state index is 0.0463. The summed E-state index contributed by atoms with van der Waals surface area (Å²) < 4.78 is 28.3. The molecule has 2 heterocycles. The highest BCUT2D eigenvalue weighted by molar-refractivity contribution is 7.89. The van der Waals surface area contributed by atoms with Gasteiger partial charge in [0, 0.05) is 30.3 Å². The third kappa shape index (κ3) is 4.47. The fraction of sp³-hybridized carbons (Fsp3) is 0.440. The average Bonchev–Trinajstić information content (AvgIpc) is 3.19. The van der Waals surface area contributed by atoms with Crippen molar-refractivity contribution in [2.45, 2.75) is 38.0 Å². The number of aromatic nitrogens is 2. The summed E-state index contributed by atoms with van der Waals surface area (Å²) in [6, 6.07) is 15.7. The van der Waals surface area contributed by atoms with Gasteiger partial charge in [0.2, 0.25) is 11.7 Å². The minimum atomic E-state index is -3.28. The molecule has 1 aromatic heterocycles. The van der Waals surface area contributed by atoms with Crippen molar-refractivity contribution in [2.24, 2.45) is 5.41 Å². The molecule has 1 aliphatic heterocycles. The van der Waals surface area contributed by atoms with E-state index in [0.29, 0.717) is 17.3 Å². The van der Waals surface area contributed by atoms with Crippen LogP contribution < -0.4 is 0 Å². The second-order valence-corrected chi connectivity index (χ2v) is 12.0. The molecule has 0 amide bonds. The lowest BCUT2D eigenvalue weighted by Gasteiger charge is -2.56. The maximum atomic E-state index is 12.3. The zero-order valence-corrected chi connectivity index (χ0v) is 20.6. The van der Waals surface area contributed by atoms with E-state index in [9.17, 15) is 13.5 Å². The Morgan fingerprint density at radius 3 is 2.39 bits per heavy atom. The van der Waals surface area contributed by atoms with Gasteiger partial charge < -0.3 is 14.5 Å². The molecule has 0 bridgehead atoms. The van der Waals surface area contributed by atoms with Crippen LogP contribution in [0.2, 0.25) is 0 Å². The van der Waals surface area contributed by atoms with E-state index in [0.717, 1.165) is 30.5 Å². The van der Waals surface area contributed by atoms with Crippen LogP contribution in [-0.2, 0) is 21.2 Å². The van der Waals surface area contributed by atoms with Gasteiger partial charge in [0.15, 0.2) is 9.84 Å². The lowest BCUT2D eigenvalue weighted by molar-refractivity contribution is -0.127. The topological polar surface area (TPSA) is 96.5 Å². The first kappa shape index (κ1) is 23.6. The van der Waals surface area contributed by atoms with E-state index < -0.39 is 20.9 Å². The molecule has 0 radical (unpaired) electrons. The molecule has 1 N–H and O–H groups in total. The van der Waals surface area contributed by atoms with Crippen LogP contribution >= 0.6 is 0 Å². The first-order valence-corrected chi connectivity index (χ1v) is 13.1. The smallest absolute Gasteiger partial charge is 0.242 e. The van der Waals surface area contributed by atoms with E-state index in [1.165, 1.54) is 5.56 Å². The third-order valence-corrected chi connectivity index (χ3v) is 7.27. The van der Waals surface area contributed by atoms with E-state index in [2.05, 4.69) is 47.9 Å². The average molecular weight is 470 g/mol. The van der Waals surface area contributed by atoms with Crippen molar-refractivity contribution in [3.63, 3.8) is 0 Å². The SMILES string of the molecule is CC(C)c1ccc([C@](O)(c2cccc(-c3noc(CS(C)(=O)=O)n3)c2)C2(C)CN(C)C2)cc1. The molecule has 0 unspecified atom stereocenters. The minimum Gasteiger partial charge on any atom is -0.380 e. The van der Waals surface area contributed by atoms with E-state index in [1.54, 1.807) is 0 Å². The fourth-order valence-corrected chi connectivity index (χ4v) is 5.45. The summed E-state index contributed by atoms with van der Waals surface area (Å²) in [5.41, 5.74) is 1.83. The van der Waals surface area contributed by atoms with E-state index in [-0.39, 0.29) is 11.6 Å². The van der Waals surface area contributed by atoms with Gasteiger partial charge in [0.05, 0.1) is 0 Å². The van der Waals surface area contributed by atoms with Gasteiger partial charge in [0.25, 0.3) is 0 Å². The number of nitrogens with zero attached hydrogens (tertiary/aromatic N) is 3. The summed E-state index contributed by atoms with van der Waals surface area (Å²) in [5.74, 6) is 0.435. The number of aliphatic hydroxyl groups is 1. The monoisotopic (exact) mass is 469 g/mol. The molecular formula is C25H31N3O4S. The Hall–Kier alpha value is -2.55. The summed E-state index contributed by atoms with van der Waals surface area (Å²) in [7, 11) is -1.24. The normalized spacial score (nSPS) is 18.2. The highest BCUT2D eigenvalue weighted by atomic mass is 32.2. The van der Waals surface area contributed by atoms with Gasteiger partial charge in [-0.3, -0.25) is 0 Å². The van der Waals surface area contributed by atoms with Gasteiger partial charge in [-0.1, -0.05) is 68.4 Å². The number of hydrogen-bond acceptors (Lipinski definition) is 7. The van der Waals surface area contributed by atoms with Crippen molar-refractivity contribution in [3.05, 3.63) is 71.1 Å². The highest BCUT2D eigenvalue weighted by Gasteiger charge is 2.55. The van der Waals surface area contributed by atoms with Crippen molar-refractivity contribution in [1.29, 1.82) is 0 Å². The molecule has 1 fully saturated rings. The molecule has 0 saturated carbocycles. The Bertz CT molecular complexity index is 1240. The molecule has 176 valence electrons. The van der Waals surface area contributed by atoms with Crippen LogP contribution in [0, 0.1) is 5.41 Å². The van der Waals surface area contributed by atoms with Crippen molar-refractivity contribution in [1.82, 2.24) is 15.0 Å². The van der Waals surface area contributed by atoms with Gasteiger partial charge in [-0.15, -0.1) is 0 Å². The Morgan fingerprint density at radius 2 is 1.82 bits per heavy atom. The Morgan fingerprint density at radius 1 is 1.15 bits per heavy atom. The van der Waals surface area contributed by atoms with Crippen LogP contribution in [0.3, 0.4) is 0 Å². The van der Waals surface area contributed by atoms with E-state index in [4.69, 9.17) is 4.52 Å².